The summed E-state index contributed by atoms with van der Waals surface area (Å²) in [6.07, 6.45) is 2.44. The highest BCUT2D eigenvalue weighted by atomic mass is 35.5. The first-order chi connectivity index (χ1) is 13.6. The van der Waals surface area contributed by atoms with Crippen LogP contribution in [0.3, 0.4) is 0 Å². The van der Waals surface area contributed by atoms with E-state index in [1.54, 1.807) is 4.90 Å². The molecule has 1 aliphatic heterocycles. The van der Waals surface area contributed by atoms with Gasteiger partial charge in [-0.1, -0.05) is 44.2 Å². The van der Waals surface area contributed by atoms with E-state index in [9.17, 15) is 4.79 Å². The van der Waals surface area contributed by atoms with Crippen molar-refractivity contribution in [2.75, 3.05) is 24.5 Å². The fourth-order valence-corrected chi connectivity index (χ4v) is 3.65. The molecule has 0 unspecified atom stereocenters. The van der Waals surface area contributed by atoms with E-state index in [0.29, 0.717) is 19.5 Å². The van der Waals surface area contributed by atoms with Crippen LogP contribution in [-0.4, -0.2) is 40.6 Å². The number of carbonyl (C=O) groups is 1. The lowest BCUT2D eigenvalue weighted by Gasteiger charge is -2.31. The number of halogens is 1. The highest BCUT2D eigenvalue weighted by Gasteiger charge is 2.27. The summed E-state index contributed by atoms with van der Waals surface area (Å²) < 4.78 is 5.47. The van der Waals surface area contributed by atoms with Gasteiger partial charge in [0.15, 0.2) is 0 Å². The van der Waals surface area contributed by atoms with Gasteiger partial charge in [-0.15, -0.1) is 0 Å². The third kappa shape index (κ3) is 4.93. The molecule has 0 spiro atoms. The zero-order valence-electron chi connectivity index (χ0n) is 16.5. The third-order valence-electron chi connectivity index (χ3n) is 4.77. The van der Waals surface area contributed by atoms with E-state index in [2.05, 4.69) is 28.7 Å². The van der Waals surface area contributed by atoms with Crippen molar-refractivity contribution < 1.29 is 9.53 Å². The Kier molecular flexibility index (Phi) is 7.09. The Hall–Kier alpha value is -2.34. The summed E-state index contributed by atoms with van der Waals surface area (Å²) in [7, 11) is 0. The van der Waals surface area contributed by atoms with Crippen LogP contribution in [0.25, 0.3) is 0 Å². The van der Waals surface area contributed by atoms with Gasteiger partial charge in [-0.2, -0.15) is 0 Å². The number of aromatic nitrogens is 2. The number of amides is 1. The van der Waals surface area contributed by atoms with Crippen molar-refractivity contribution >= 4 is 23.5 Å². The standard InChI is InChI=1S/C21H27ClN4O2/c1-3-11-25(12-4-2)19-17-10-13-26(14-18(17)23-20(22)24-19)21(27)28-15-16-8-6-5-7-9-16/h5-9H,3-4,10-15H2,1-2H3. The van der Waals surface area contributed by atoms with E-state index in [4.69, 9.17) is 16.3 Å². The Labute approximate surface area is 171 Å². The van der Waals surface area contributed by atoms with Crippen molar-refractivity contribution in [1.82, 2.24) is 14.9 Å². The van der Waals surface area contributed by atoms with Gasteiger partial charge in [0, 0.05) is 25.2 Å². The summed E-state index contributed by atoms with van der Waals surface area (Å²) in [5.74, 6) is 0.913. The Balaban J connectivity index is 1.72. The number of rotatable bonds is 7. The average Bonchev–Trinajstić information content (AvgIpc) is 2.71. The molecule has 0 fully saturated rings. The number of hydrogen-bond donors (Lipinski definition) is 0. The Bertz CT molecular complexity index is 794. The number of ether oxygens (including phenoxy) is 1. The molecule has 0 saturated heterocycles. The molecule has 0 atom stereocenters. The van der Waals surface area contributed by atoms with Crippen LogP contribution >= 0.6 is 11.6 Å². The Morgan fingerprint density at radius 3 is 2.57 bits per heavy atom. The van der Waals surface area contributed by atoms with Gasteiger partial charge < -0.3 is 14.5 Å². The minimum absolute atomic E-state index is 0.227. The van der Waals surface area contributed by atoms with Crippen molar-refractivity contribution in [3.05, 3.63) is 52.4 Å². The molecule has 0 saturated carbocycles. The number of fused-ring (bicyclic) bond motifs is 1. The second-order valence-electron chi connectivity index (χ2n) is 6.94. The van der Waals surface area contributed by atoms with Crippen LogP contribution in [0.15, 0.2) is 30.3 Å². The maximum absolute atomic E-state index is 12.5. The smallest absolute Gasteiger partial charge is 0.410 e. The SMILES string of the molecule is CCCN(CCC)c1nc(Cl)nc2c1CCN(C(=O)OCc1ccccc1)C2. The molecular formula is C21H27ClN4O2. The van der Waals surface area contributed by atoms with E-state index in [1.807, 2.05) is 30.3 Å². The third-order valence-corrected chi connectivity index (χ3v) is 4.93. The van der Waals surface area contributed by atoms with Crippen molar-refractivity contribution in [2.24, 2.45) is 0 Å². The summed E-state index contributed by atoms with van der Waals surface area (Å²) >= 11 is 6.21. The van der Waals surface area contributed by atoms with Crippen LogP contribution in [0.2, 0.25) is 5.28 Å². The lowest BCUT2D eigenvalue weighted by Crippen LogP contribution is -2.38. The van der Waals surface area contributed by atoms with Crippen LogP contribution in [0.1, 0.15) is 43.5 Å². The number of benzene rings is 1. The average molecular weight is 403 g/mol. The second-order valence-corrected chi connectivity index (χ2v) is 7.28. The number of nitrogens with zero attached hydrogens (tertiary/aromatic N) is 4. The maximum Gasteiger partial charge on any atom is 0.410 e. The molecule has 2 heterocycles. The van der Waals surface area contributed by atoms with Crippen molar-refractivity contribution in [2.45, 2.75) is 46.3 Å². The first-order valence-corrected chi connectivity index (χ1v) is 10.3. The minimum atomic E-state index is -0.329. The van der Waals surface area contributed by atoms with Gasteiger partial charge >= 0.3 is 6.09 Å². The predicted octanol–water partition coefficient (Wildman–Crippen LogP) is 4.45. The Morgan fingerprint density at radius 1 is 1.18 bits per heavy atom. The molecule has 3 rings (SSSR count). The normalized spacial score (nSPS) is 13.2. The zero-order chi connectivity index (χ0) is 19.9. The van der Waals surface area contributed by atoms with E-state index in [1.165, 1.54) is 0 Å². The molecule has 6 nitrogen and oxygen atoms in total. The summed E-state index contributed by atoms with van der Waals surface area (Å²) in [5, 5.41) is 0.227. The monoisotopic (exact) mass is 402 g/mol. The van der Waals surface area contributed by atoms with Gasteiger partial charge in [-0.25, -0.2) is 14.8 Å². The van der Waals surface area contributed by atoms with Gasteiger partial charge in [0.2, 0.25) is 5.28 Å². The molecule has 1 aromatic carbocycles. The minimum Gasteiger partial charge on any atom is -0.445 e. The first kappa shape index (κ1) is 20.4. The Morgan fingerprint density at radius 2 is 1.89 bits per heavy atom. The quantitative estimate of drug-likeness (QED) is 0.640. The van der Waals surface area contributed by atoms with Crippen LogP contribution in [0, 0.1) is 0 Å². The predicted molar refractivity (Wildman–Crippen MR) is 111 cm³/mol. The van der Waals surface area contributed by atoms with Crippen LogP contribution in [-0.2, 0) is 24.3 Å². The van der Waals surface area contributed by atoms with E-state index >= 15 is 0 Å². The highest BCUT2D eigenvalue weighted by molar-refractivity contribution is 6.28. The molecule has 0 radical (unpaired) electrons. The summed E-state index contributed by atoms with van der Waals surface area (Å²) in [5.41, 5.74) is 2.88. The van der Waals surface area contributed by atoms with Gasteiger partial charge in [0.05, 0.1) is 12.2 Å². The fraction of sp³-hybridized carbons (Fsp3) is 0.476. The topological polar surface area (TPSA) is 58.6 Å². The lowest BCUT2D eigenvalue weighted by atomic mass is 10.1. The summed E-state index contributed by atoms with van der Waals surface area (Å²) in [6.45, 7) is 7.41. The molecule has 28 heavy (non-hydrogen) atoms. The molecule has 2 aromatic rings. The molecule has 1 aromatic heterocycles. The summed E-state index contributed by atoms with van der Waals surface area (Å²) in [4.78, 5) is 25.4. The number of carbonyl (C=O) groups excluding carboxylic acids is 1. The fourth-order valence-electron chi connectivity index (χ4n) is 3.47. The number of hydrogen-bond acceptors (Lipinski definition) is 5. The zero-order valence-corrected chi connectivity index (χ0v) is 17.3. The van der Waals surface area contributed by atoms with Crippen LogP contribution in [0.4, 0.5) is 10.6 Å². The van der Waals surface area contributed by atoms with Crippen LogP contribution in [0.5, 0.6) is 0 Å². The van der Waals surface area contributed by atoms with Crippen molar-refractivity contribution in [3.63, 3.8) is 0 Å². The number of anilines is 1. The molecule has 0 N–H and O–H groups in total. The van der Waals surface area contributed by atoms with E-state index < -0.39 is 0 Å². The molecular weight excluding hydrogens is 376 g/mol. The lowest BCUT2D eigenvalue weighted by molar-refractivity contribution is 0.0912. The van der Waals surface area contributed by atoms with Gasteiger partial charge in [-0.05, 0) is 36.4 Å². The van der Waals surface area contributed by atoms with Crippen molar-refractivity contribution in [1.29, 1.82) is 0 Å². The largest absolute Gasteiger partial charge is 0.445 e. The second kappa shape index (κ2) is 9.73. The molecule has 1 aliphatic rings. The molecule has 7 heteroatoms. The van der Waals surface area contributed by atoms with E-state index in [0.717, 1.165) is 48.6 Å². The summed E-state index contributed by atoms with van der Waals surface area (Å²) in [6, 6.07) is 9.68. The van der Waals surface area contributed by atoms with E-state index in [-0.39, 0.29) is 18.0 Å². The van der Waals surface area contributed by atoms with Gasteiger partial charge in [0.1, 0.15) is 12.4 Å². The van der Waals surface area contributed by atoms with Gasteiger partial charge in [0.25, 0.3) is 0 Å². The molecule has 1 amide bonds. The molecule has 150 valence electrons. The molecule has 0 aliphatic carbocycles. The van der Waals surface area contributed by atoms with Crippen molar-refractivity contribution in [3.8, 4) is 0 Å². The molecule has 0 bridgehead atoms. The van der Waals surface area contributed by atoms with Crippen LogP contribution < -0.4 is 4.90 Å². The first-order valence-electron chi connectivity index (χ1n) is 9.88. The van der Waals surface area contributed by atoms with Gasteiger partial charge in [-0.3, -0.25) is 0 Å². The maximum atomic E-state index is 12.5. The highest BCUT2D eigenvalue weighted by Crippen LogP contribution is 2.28.